The Morgan fingerprint density at radius 3 is 2.80 bits per heavy atom. The number of carbonyl (C=O) groups excluding carboxylic acids is 1. The minimum absolute atomic E-state index is 0.123. The molecule has 0 spiro atoms. The van der Waals surface area contributed by atoms with Gasteiger partial charge in [0.2, 0.25) is 0 Å². The number of thioether (sulfide) groups is 1. The van der Waals surface area contributed by atoms with Crippen molar-refractivity contribution in [1.82, 2.24) is 0 Å². The first-order valence-electron chi connectivity index (χ1n) is 3.08. The first-order chi connectivity index (χ1) is 4.70. The van der Waals surface area contributed by atoms with Crippen molar-refractivity contribution in [1.29, 1.82) is 0 Å². The highest BCUT2D eigenvalue weighted by atomic mass is 32.2. The van der Waals surface area contributed by atoms with E-state index >= 15 is 0 Å². The van der Waals surface area contributed by atoms with Gasteiger partial charge in [0.25, 0.3) is 0 Å². The number of aliphatic carboxylic acids is 1. The van der Waals surface area contributed by atoms with Crippen LogP contribution in [0.3, 0.4) is 0 Å². The predicted octanol–water partition coefficient (Wildman–Crippen LogP) is 0.741. The van der Waals surface area contributed by atoms with Gasteiger partial charge >= 0.3 is 5.97 Å². The van der Waals surface area contributed by atoms with Crippen LogP contribution in [0.15, 0.2) is 0 Å². The van der Waals surface area contributed by atoms with Gasteiger partial charge in [0.05, 0.1) is 5.92 Å². The maximum Gasteiger partial charge on any atom is 0.307 e. The standard InChI is InChI=1S/C6H8O3S/c7-5-2-1-4(3-10-5)6(8)9/h4H,1-3H2,(H,8,9). The number of carboxylic acid groups (broad SMARTS) is 1. The van der Waals surface area contributed by atoms with E-state index in [2.05, 4.69) is 0 Å². The molecule has 1 unspecified atom stereocenters. The smallest absolute Gasteiger partial charge is 0.307 e. The lowest BCUT2D eigenvalue weighted by Gasteiger charge is -2.15. The number of rotatable bonds is 1. The minimum Gasteiger partial charge on any atom is -0.481 e. The van der Waals surface area contributed by atoms with Crippen LogP contribution in [0.1, 0.15) is 12.8 Å². The Kier molecular flexibility index (Phi) is 2.32. The molecule has 1 aliphatic heterocycles. The summed E-state index contributed by atoms with van der Waals surface area (Å²) in [7, 11) is 0. The largest absolute Gasteiger partial charge is 0.481 e. The highest BCUT2D eigenvalue weighted by Crippen LogP contribution is 2.23. The number of carbonyl (C=O) groups is 2. The second kappa shape index (κ2) is 3.05. The maximum atomic E-state index is 10.6. The highest BCUT2D eigenvalue weighted by molar-refractivity contribution is 8.13. The van der Waals surface area contributed by atoms with Crippen LogP contribution in [0.25, 0.3) is 0 Å². The Morgan fingerprint density at radius 1 is 1.70 bits per heavy atom. The molecule has 0 aromatic carbocycles. The zero-order chi connectivity index (χ0) is 7.56. The van der Waals surface area contributed by atoms with Gasteiger partial charge in [-0.15, -0.1) is 0 Å². The molecular weight excluding hydrogens is 152 g/mol. The summed E-state index contributed by atoms with van der Waals surface area (Å²) >= 11 is 1.13. The summed E-state index contributed by atoms with van der Waals surface area (Å²) in [6.45, 7) is 0. The molecule has 0 aliphatic carbocycles. The lowest BCUT2D eigenvalue weighted by molar-refractivity contribution is -0.141. The molecule has 4 heteroatoms. The molecule has 1 heterocycles. The van der Waals surface area contributed by atoms with E-state index in [-0.39, 0.29) is 11.0 Å². The fraction of sp³-hybridized carbons (Fsp3) is 0.667. The third-order valence-electron chi connectivity index (χ3n) is 1.49. The topological polar surface area (TPSA) is 54.4 Å². The molecule has 3 nitrogen and oxygen atoms in total. The first-order valence-corrected chi connectivity index (χ1v) is 4.07. The fourth-order valence-electron chi connectivity index (χ4n) is 0.836. The Morgan fingerprint density at radius 2 is 2.40 bits per heavy atom. The van der Waals surface area contributed by atoms with Crippen LogP contribution in [0.4, 0.5) is 0 Å². The quantitative estimate of drug-likeness (QED) is 0.614. The number of hydrogen-bond donors (Lipinski definition) is 1. The molecule has 0 bridgehead atoms. The molecule has 0 radical (unpaired) electrons. The molecule has 1 saturated heterocycles. The van der Waals surface area contributed by atoms with Crippen molar-refractivity contribution in [3.8, 4) is 0 Å². The molecule has 0 amide bonds. The summed E-state index contributed by atoms with van der Waals surface area (Å²) in [5, 5.41) is 8.62. The van der Waals surface area contributed by atoms with Crippen molar-refractivity contribution in [2.24, 2.45) is 5.92 Å². The highest BCUT2D eigenvalue weighted by Gasteiger charge is 2.24. The van der Waals surface area contributed by atoms with Crippen LogP contribution >= 0.6 is 11.8 Å². The Hall–Kier alpha value is -0.510. The Labute approximate surface area is 62.8 Å². The maximum absolute atomic E-state index is 10.6. The lowest BCUT2D eigenvalue weighted by Crippen LogP contribution is -2.21. The van der Waals surface area contributed by atoms with Crippen LogP contribution in [-0.4, -0.2) is 21.9 Å². The molecule has 0 saturated carbocycles. The molecule has 0 aromatic heterocycles. The van der Waals surface area contributed by atoms with E-state index in [1.807, 2.05) is 0 Å². The molecule has 1 rings (SSSR count). The normalized spacial score (nSPS) is 26.4. The van der Waals surface area contributed by atoms with E-state index in [0.29, 0.717) is 18.6 Å². The molecule has 1 atom stereocenters. The van der Waals surface area contributed by atoms with E-state index in [9.17, 15) is 9.59 Å². The molecule has 0 aromatic rings. The zero-order valence-corrected chi connectivity index (χ0v) is 6.19. The number of hydrogen-bond acceptors (Lipinski definition) is 3. The van der Waals surface area contributed by atoms with E-state index in [0.717, 1.165) is 11.8 Å². The van der Waals surface area contributed by atoms with E-state index in [4.69, 9.17) is 5.11 Å². The Balaban J connectivity index is 2.40. The fourth-order valence-corrected chi connectivity index (χ4v) is 1.79. The zero-order valence-electron chi connectivity index (χ0n) is 5.37. The monoisotopic (exact) mass is 160 g/mol. The second-order valence-electron chi connectivity index (χ2n) is 2.26. The van der Waals surface area contributed by atoms with Gasteiger partial charge in [-0.1, -0.05) is 11.8 Å². The van der Waals surface area contributed by atoms with Crippen LogP contribution in [0, 0.1) is 5.92 Å². The van der Waals surface area contributed by atoms with Gasteiger partial charge in [0.15, 0.2) is 5.12 Å². The van der Waals surface area contributed by atoms with E-state index < -0.39 is 5.97 Å². The third kappa shape index (κ3) is 1.73. The van der Waals surface area contributed by atoms with Gasteiger partial charge in [0, 0.05) is 12.2 Å². The molecular formula is C6H8O3S. The van der Waals surface area contributed by atoms with Crippen LogP contribution < -0.4 is 0 Å². The number of carboxylic acids is 1. The van der Waals surface area contributed by atoms with Crippen molar-refractivity contribution in [2.45, 2.75) is 12.8 Å². The molecule has 10 heavy (non-hydrogen) atoms. The second-order valence-corrected chi connectivity index (χ2v) is 3.33. The van der Waals surface area contributed by atoms with Gasteiger partial charge in [-0.2, -0.15) is 0 Å². The van der Waals surface area contributed by atoms with Crippen molar-refractivity contribution in [2.75, 3.05) is 5.75 Å². The van der Waals surface area contributed by atoms with Gasteiger partial charge in [0.1, 0.15) is 0 Å². The SMILES string of the molecule is O=C1CCC(C(=O)O)CS1. The Bertz CT molecular complexity index is 156. The summed E-state index contributed by atoms with van der Waals surface area (Å²) in [5.41, 5.74) is 0. The summed E-state index contributed by atoms with van der Waals surface area (Å²) in [6, 6.07) is 0. The average Bonchev–Trinajstić information content (AvgIpc) is 1.88. The van der Waals surface area contributed by atoms with Gasteiger partial charge in [-0.25, -0.2) is 0 Å². The van der Waals surface area contributed by atoms with Crippen molar-refractivity contribution < 1.29 is 14.7 Å². The van der Waals surface area contributed by atoms with Crippen LogP contribution in [-0.2, 0) is 9.59 Å². The lowest BCUT2D eigenvalue weighted by atomic mass is 10.1. The summed E-state index contributed by atoms with van der Waals surface area (Å²) in [6.07, 6.45) is 0.933. The van der Waals surface area contributed by atoms with Crippen LogP contribution in [0.5, 0.6) is 0 Å². The van der Waals surface area contributed by atoms with E-state index in [1.54, 1.807) is 0 Å². The molecule has 1 aliphatic rings. The summed E-state index contributed by atoms with van der Waals surface area (Å²) in [5.74, 6) is -0.628. The molecule has 1 N–H and O–H groups in total. The van der Waals surface area contributed by atoms with Gasteiger partial charge in [-0.05, 0) is 6.42 Å². The van der Waals surface area contributed by atoms with Crippen molar-refractivity contribution in [3.05, 3.63) is 0 Å². The average molecular weight is 160 g/mol. The molecule has 1 fully saturated rings. The van der Waals surface area contributed by atoms with Crippen molar-refractivity contribution in [3.63, 3.8) is 0 Å². The van der Waals surface area contributed by atoms with Gasteiger partial charge in [-0.3, -0.25) is 9.59 Å². The van der Waals surface area contributed by atoms with E-state index in [1.165, 1.54) is 0 Å². The summed E-state index contributed by atoms with van der Waals surface area (Å²) < 4.78 is 0. The van der Waals surface area contributed by atoms with Crippen LogP contribution in [0.2, 0.25) is 0 Å². The third-order valence-corrected chi connectivity index (χ3v) is 2.59. The molecule has 56 valence electrons. The first kappa shape index (κ1) is 7.60. The van der Waals surface area contributed by atoms with Crippen molar-refractivity contribution >= 4 is 22.8 Å². The van der Waals surface area contributed by atoms with Gasteiger partial charge < -0.3 is 5.11 Å². The predicted molar refractivity (Wildman–Crippen MR) is 37.8 cm³/mol. The summed E-state index contributed by atoms with van der Waals surface area (Å²) in [4.78, 5) is 20.9. The minimum atomic E-state index is -0.778.